The maximum absolute atomic E-state index is 11.8. The van der Waals surface area contributed by atoms with Crippen molar-refractivity contribution >= 4 is 42.6 Å². The van der Waals surface area contributed by atoms with Crippen molar-refractivity contribution in [2.75, 3.05) is 41.0 Å². The van der Waals surface area contributed by atoms with Crippen molar-refractivity contribution in [3.8, 4) is 0 Å². The van der Waals surface area contributed by atoms with Gasteiger partial charge in [0.15, 0.2) is 6.10 Å². The fraction of sp³-hybridized carbons (Fsp3) is 0.536. The van der Waals surface area contributed by atoms with Gasteiger partial charge in [-0.1, -0.05) is 31.6 Å². The second-order valence-corrected chi connectivity index (χ2v) is 9.10. The van der Waals surface area contributed by atoms with Gasteiger partial charge in [0.2, 0.25) is 6.29 Å². The summed E-state index contributed by atoms with van der Waals surface area (Å²) in [6.45, 7) is 8.71. The molecule has 0 radical (unpaired) electrons. The number of methoxy groups -OCH3 is 1. The number of ether oxygens (including phenoxy) is 5. The van der Waals surface area contributed by atoms with E-state index in [1.165, 1.54) is 37.0 Å². The first kappa shape index (κ1) is 46.7. The van der Waals surface area contributed by atoms with E-state index in [4.69, 9.17) is 19.0 Å². The van der Waals surface area contributed by atoms with E-state index >= 15 is 0 Å². The number of benzene rings is 1. The van der Waals surface area contributed by atoms with E-state index in [0.717, 1.165) is 13.0 Å². The molecule has 0 aliphatic rings. The standard InChI is InChI=1S/C14H21O9.C13H18N2.CHO.2Cs/c1-10(4-13(17)22-11(2)21-9-16)5-14(18)23-12(6-19-3)7-20-8-15;1-14(2)9-8-11-10-15(3)13-7-5-4-6-12(11)13;1-2;;/h9-12H,4-7H2,1-3H3;4-7,10H,8-9H2,1-3H3;1H;;/q-1;;-1;2*+1. The predicted molar refractivity (Wildman–Crippen MR) is 146 cm³/mol. The summed E-state index contributed by atoms with van der Waals surface area (Å²) >= 11 is 0. The number of hydrogen-bond acceptors (Lipinski definition) is 11. The molecule has 1 aromatic carbocycles. The summed E-state index contributed by atoms with van der Waals surface area (Å²) in [7, 11) is 7.75. The number of carbonyl (C=O) groups excluding carboxylic acids is 5. The molecule has 224 valence electrons. The number of aryl methyl sites for hydroxylation is 1. The number of hydrogen-bond donors (Lipinski definition) is 0. The second kappa shape index (κ2) is 28.8. The molecule has 0 aliphatic heterocycles. The van der Waals surface area contributed by atoms with Gasteiger partial charge in [0.1, 0.15) is 0 Å². The van der Waals surface area contributed by atoms with Crippen LogP contribution in [0.3, 0.4) is 0 Å². The van der Waals surface area contributed by atoms with Gasteiger partial charge in [-0.05, 0) is 38.1 Å². The Bertz CT molecular complexity index is 1040. The number of likely N-dealkylation sites (N-methyl/N-ethyl adjacent to an activating group) is 1. The van der Waals surface area contributed by atoms with E-state index in [2.05, 4.69) is 77.3 Å². The first-order valence-electron chi connectivity index (χ1n) is 12.5. The van der Waals surface area contributed by atoms with Gasteiger partial charge >= 0.3 is 150 Å². The average molecular weight is 830 g/mol. The minimum Gasteiger partial charge on any atom is -0.650 e. The third kappa shape index (κ3) is 21.1. The summed E-state index contributed by atoms with van der Waals surface area (Å²) in [6.07, 6.45) is 1.55. The van der Waals surface area contributed by atoms with Crippen LogP contribution < -0.4 is 138 Å². The van der Waals surface area contributed by atoms with Gasteiger partial charge in [-0.3, -0.25) is 21.2 Å². The number of esters is 2. The molecule has 0 N–H and O–H groups in total. The zero-order valence-electron chi connectivity index (χ0n) is 26.0. The maximum Gasteiger partial charge on any atom is 1.00 e. The van der Waals surface area contributed by atoms with E-state index in [9.17, 15) is 19.2 Å². The molecule has 2 aromatic rings. The number of fused-ring (bicyclic) bond motifs is 1. The van der Waals surface area contributed by atoms with Crippen molar-refractivity contribution in [2.45, 2.75) is 45.5 Å². The molecule has 0 spiro atoms. The molecular weight excluding hydrogens is 790 g/mol. The van der Waals surface area contributed by atoms with Gasteiger partial charge in [-0.25, -0.2) is 0 Å². The molecule has 0 fully saturated rings. The molecule has 0 bridgehead atoms. The quantitative estimate of drug-likeness (QED) is 0.0541. The minimum atomic E-state index is -0.984. The van der Waals surface area contributed by atoms with Gasteiger partial charge in [0, 0.05) is 57.6 Å². The molecule has 14 heteroatoms. The molecule has 3 atom stereocenters. The Balaban J connectivity index is -0.000000692. The SMILES string of the molecule is CN(C)CCc1cn(C)c2ccccc12.COCC(CO[C-]=O)OC(=O)CC(C)CC(=O)OC(C)OC=O.[CH-]=O.[Cs+].[Cs+]. The molecular formula is C28H40Cs2N2O10. The summed E-state index contributed by atoms with van der Waals surface area (Å²) in [5.41, 5.74) is 2.77. The number of aromatic nitrogens is 1. The average Bonchev–Trinajstić information content (AvgIpc) is 3.23. The number of carbonyl (C=O) groups is 3. The first-order valence-corrected chi connectivity index (χ1v) is 12.5. The summed E-state index contributed by atoms with van der Waals surface area (Å²) in [4.78, 5) is 53.4. The van der Waals surface area contributed by atoms with E-state index in [-0.39, 0.29) is 176 Å². The Kier molecular flexibility index (Phi) is 32.0. The summed E-state index contributed by atoms with van der Waals surface area (Å²) in [5.74, 6) is -1.52. The van der Waals surface area contributed by atoms with Crippen LogP contribution in [0.15, 0.2) is 30.5 Å². The third-order valence-corrected chi connectivity index (χ3v) is 5.36. The second-order valence-electron chi connectivity index (χ2n) is 9.10. The first-order chi connectivity index (χ1) is 19.1. The molecule has 42 heavy (non-hydrogen) atoms. The Morgan fingerprint density at radius 2 is 1.64 bits per heavy atom. The fourth-order valence-electron chi connectivity index (χ4n) is 3.61. The summed E-state index contributed by atoms with van der Waals surface area (Å²) in [6, 6.07) is 8.59. The van der Waals surface area contributed by atoms with Crippen LogP contribution in [0, 0.1) is 5.92 Å². The molecule has 1 heterocycles. The minimum absolute atomic E-state index is 0. The van der Waals surface area contributed by atoms with E-state index in [0.29, 0.717) is 0 Å². The van der Waals surface area contributed by atoms with Crippen LogP contribution in [0.5, 0.6) is 0 Å². The fourth-order valence-corrected chi connectivity index (χ4v) is 3.61. The van der Waals surface area contributed by atoms with Crippen molar-refractivity contribution in [1.82, 2.24) is 9.47 Å². The van der Waals surface area contributed by atoms with Crippen LogP contribution in [0.1, 0.15) is 32.3 Å². The third-order valence-electron chi connectivity index (χ3n) is 5.36. The van der Waals surface area contributed by atoms with Crippen LogP contribution in [0.25, 0.3) is 10.9 Å². The van der Waals surface area contributed by atoms with Crippen LogP contribution in [0.4, 0.5) is 0 Å². The Labute approximate surface area is 366 Å². The van der Waals surface area contributed by atoms with Crippen LogP contribution >= 0.6 is 0 Å². The van der Waals surface area contributed by atoms with Crippen LogP contribution in [0.2, 0.25) is 0 Å². The molecule has 2 rings (SSSR count). The number of nitrogens with zero attached hydrogens (tertiary/aromatic N) is 2. The van der Waals surface area contributed by atoms with Crippen molar-refractivity contribution in [1.29, 1.82) is 0 Å². The van der Waals surface area contributed by atoms with E-state index < -0.39 is 24.3 Å². The number of rotatable bonds is 16. The summed E-state index contributed by atoms with van der Waals surface area (Å²) in [5, 5.41) is 1.39. The Morgan fingerprint density at radius 3 is 2.19 bits per heavy atom. The van der Waals surface area contributed by atoms with Crippen LogP contribution in [-0.4, -0.2) is 94.5 Å². The monoisotopic (exact) mass is 830 g/mol. The van der Waals surface area contributed by atoms with Crippen LogP contribution in [-0.2, 0) is 61.1 Å². The molecule has 3 unspecified atom stereocenters. The molecule has 0 saturated carbocycles. The molecule has 0 aliphatic carbocycles. The van der Waals surface area contributed by atoms with E-state index in [1.807, 2.05) is 0 Å². The van der Waals surface area contributed by atoms with Crippen molar-refractivity contribution in [2.24, 2.45) is 13.0 Å². The van der Waals surface area contributed by atoms with Gasteiger partial charge in [0.25, 0.3) is 6.47 Å². The van der Waals surface area contributed by atoms with Crippen molar-refractivity contribution in [3.63, 3.8) is 0 Å². The maximum atomic E-state index is 11.8. The Morgan fingerprint density at radius 1 is 1.05 bits per heavy atom. The van der Waals surface area contributed by atoms with Gasteiger partial charge in [-0.15, -0.1) is 0 Å². The topological polar surface area (TPSA) is 140 Å². The zero-order valence-corrected chi connectivity index (χ0v) is 38.6. The molecule has 12 nitrogen and oxygen atoms in total. The Hall–Kier alpha value is 0.334. The largest absolute Gasteiger partial charge is 1.00 e. The van der Waals surface area contributed by atoms with Crippen molar-refractivity contribution in [3.05, 3.63) is 36.0 Å². The molecule has 0 saturated heterocycles. The van der Waals surface area contributed by atoms with E-state index in [1.54, 1.807) is 6.92 Å². The van der Waals surface area contributed by atoms with Gasteiger partial charge in [0.05, 0.1) is 13.2 Å². The molecule has 1 aromatic heterocycles. The van der Waals surface area contributed by atoms with Crippen molar-refractivity contribution < 1.29 is 185 Å². The normalized spacial score (nSPS) is 11.9. The van der Waals surface area contributed by atoms with Gasteiger partial charge in [-0.2, -0.15) is 0 Å². The van der Waals surface area contributed by atoms with Gasteiger partial charge < -0.3 is 42.7 Å². The summed E-state index contributed by atoms with van der Waals surface area (Å²) < 4.78 is 25.7. The zero-order chi connectivity index (χ0) is 30.5. The smallest absolute Gasteiger partial charge is 0.650 e. The number of para-hydroxylation sites is 1. The molecule has 0 amide bonds. The predicted octanol–water partition coefficient (Wildman–Crippen LogP) is -3.88.